The van der Waals surface area contributed by atoms with Crippen molar-refractivity contribution in [2.75, 3.05) is 0 Å². The highest BCUT2D eigenvalue weighted by atomic mass is 79.9. The minimum absolute atomic E-state index is 0.116. The van der Waals surface area contributed by atoms with Gasteiger partial charge >= 0.3 is 0 Å². The molecule has 116 valence electrons. The number of halogens is 2. The van der Waals surface area contributed by atoms with Crippen molar-refractivity contribution in [3.8, 4) is 11.1 Å². The van der Waals surface area contributed by atoms with E-state index < -0.39 is 0 Å². The van der Waals surface area contributed by atoms with E-state index in [1.807, 2.05) is 0 Å². The van der Waals surface area contributed by atoms with Crippen LogP contribution in [0.3, 0.4) is 0 Å². The molecule has 0 amide bonds. The van der Waals surface area contributed by atoms with E-state index in [0.29, 0.717) is 11.8 Å². The van der Waals surface area contributed by atoms with E-state index >= 15 is 0 Å². The van der Waals surface area contributed by atoms with E-state index in [0.717, 1.165) is 8.95 Å². The lowest BCUT2D eigenvalue weighted by Crippen LogP contribution is -2.28. The highest BCUT2D eigenvalue weighted by molar-refractivity contribution is 9.10. The number of allylic oxidation sites excluding steroid dienone is 4. The van der Waals surface area contributed by atoms with E-state index in [4.69, 9.17) is 0 Å². The van der Waals surface area contributed by atoms with Crippen molar-refractivity contribution in [3.63, 3.8) is 0 Å². The molecule has 0 atom stereocenters. The highest BCUT2D eigenvalue weighted by Gasteiger charge is 2.42. The Morgan fingerprint density at radius 1 is 0.783 bits per heavy atom. The summed E-state index contributed by atoms with van der Waals surface area (Å²) in [5, 5.41) is 0. The SMILES string of the molecule is CC(C)(C1C=CC=C1)C1c2cc(Br)ccc2-c2ccc(Br)cc21. The Hall–Kier alpha value is -1.12. The molecule has 2 aromatic rings. The summed E-state index contributed by atoms with van der Waals surface area (Å²) >= 11 is 7.33. The average Bonchev–Trinajstić information content (AvgIpc) is 3.12. The fourth-order valence-corrected chi connectivity index (χ4v) is 4.88. The third-order valence-corrected chi connectivity index (χ3v) is 6.28. The van der Waals surface area contributed by atoms with Crippen molar-refractivity contribution in [2.24, 2.45) is 11.3 Å². The summed E-state index contributed by atoms with van der Waals surface area (Å²) in [7, 11) is 0. The fraction of sp³-hybridized carbons (Fsp3) is 0.238. The zero-order valence-corrected chi connectivity index (χ0v) is 16.4. The van der Waals surface area contributed by atoms with Crippen LogP contribution < -0.4 is 0 Å². The molecule has 23 heavy (non-hydrogen) atoms. The molecule has 0 saturated heterocycles. The van der Waals surface area contributed by atoms with Crippen molar-refractivity contribution in [3.05, 3.63) is 80.8 Å². The molecule has 0 unspecified atom stereocenters. The molecule has 0 aliphatic heterocycles. The minimum Gasteiger partial charge on any atom is -0.0771 e. The molecule has 0 N–H and O–H groups in total. The molecule has 0 saturated carbocycles. The molecule has 0 aromatic heterocycles. The van der Waals surface area contributed by atoms with E-state index in [1.54, 1.807) is 0 Å². The maximum absolute atomic E-state index is 3.66. The van der Waals surface area contributed by atoms with Crippen LogP contribution in [0.4, 0.5) is 0 Å². The van der Waals surface area contributed by atoms with Crippen LogP contribution in [-0.2, 0) is 0 Å². The Morgan fingerprint density at radius 3 is 1.74 bits per heavy atom. The maximum Gasteiger partial charge on any atom is 0.0178 e. The first kappa shape index (κ1) is 15.4. The van der Waals surface area contributed by atoms with Gasteiger partial charge in [-0.25, -0.2) is 0 Å². The number of rotatable bonds is 2. The molecule has 0 bridgehead atoms. The molecular weight excluding hydrogens is 412 g/mol. The van der Waals surface area contributed by atoms with Crippen LogP contribution in [0.15, 0.2) is 69.6 Å². The first-order valence-corrected chi connectivity index (χ1v) is 9.51. The van der Waals surface area contributed by atoms with Crippen molar-refractivity contribution in [1.82, 2.24) is 0 Å². The minimum atomic E-state index is 0.116. The zero-order valence-electron chi connectivity index (χ0n) is 13.2. The lowest BCUT2D eigenvalue weighted by atomic mass is 9.66. The van der Waals surface area contributed by atoms with Crippen molar-refractivity contribution >= 4 is 31.9 Å². The Kier molecular flexibility index (Phi) is 3.66. The summed E-state index contributed by atoms with van der Waals surface area (Å²) in [5.74, 6) is 0.851. The van der Waals surface area contributed by atoms with Gasteiger partial charge in [0.05, 0.1) is 0 Å². The van der Waals surface area contributed by atoms with Crippen LogP contribution in [-0.4, -0.2) is 0 Å². The smallest absolute Gasteiger partial charge is 0.0178 e. The van der Waals surface area contributed by atoms with Crippen LogP contribution >= 0.6 is 31.9 Å². The average molecular weight is 430 g/mol. The summed E-state index contributed by atoms with van der Waals surface area (Å²) in [6.45, 7) is 4.78. The molecule has 2 aliphatic rings. The largest absolute Gasteiger partial charge is 0.0771 e. The quantitative estimate of drug-likeness (QED) is 0.477. The Morgan fingerprint density at radius 2 is 1.26 bits per heavy atom. The van der Waals surface area contributed by atoms with Gasteiger partial charge in [0.2, 0.25) is 0 Å². The van der Waals surface area contributed by atoms with Crippen LogP contribution in [0.1, 0.15) is 30.9 Å². The van der Waals surface area contributed by atoms with Gasteiger partial charge in [0, 0.05) is 20.8 Å². The van der Waals surface area contributed by atoms with Crippen molar-refractivity contribution in [2.45, 2.75) is 19.8 Å². The third kappa shape index (κ3) is 2.38. The first-order chi connectivity index (χ1) is 11.0. The van der Waals surface area contributed by atoms with E-state index in [-0.39, 0.29) is 5.41 Å². The fourth-order valence-electron chi connectivity index (χ4n) is 4.12. The Labute approximate surface area is 154 Å². The van der Waals surface area contributed by atoms with Crippen LogP contribution in [0.2, 0.25) is 0 Å². The van der Waals surface area contributed by atoms with E-state index in [2.05, 4.69) is 106 Å². The number of hydrogen-bond donors (Lipinski definition) is 0. The summed E-state index contributed by atoms with van der Waals surface area (Å²) in [5.41, 5.74) is 5.74. The van der Waals surface area contributed by atoms with Crippen molar-refractivity contribution < 1.29 is 0 Å². The normalized spacial score (nSPS) is 16.9. The van der Waals surface area contributed by atoms with Gasteiger partial charge in [-0.2, -0.15) is 0 Å². The molecular formula is C21H18Br2. The van der Waals surface area contributed by atoms with Crippen LogP contribution in [0, 0.1) is 11.3 Å². The summed E-state index contributed by atoms with van der Waals surface area (Å²) in [6, 6.07) is 13.4. The molecule has 2 heteroatoms. The zero-order chi connectivity index (χ0) is 16.2. The number of hydrogen-bond acceptors (Lipinski definition) is 0. The lowest BCUT2D eigenvalue weighted by molar-refractivity contribution is 0.267. The number of fused-ring (bicyclic) bond motifs is 3. The molecule has 0 heterocycles. The van der Waals surface area contributed by atoms with Gasteiger partial charge in [0.25, 0.3) is 0 Å². The molecule has 2 aromatic carbocycles. The predicted molar refractivity (Wildman–Crippen MR) is 105 cm³/mol. The summed E-state index contributed by atoms with van der Waals surface area (Å²) in [4.78, 5) is 0. The molecule has 0 spiro atoms. The monoisotopic (exact) mass is 428 g/mol. The van der Waals surface area contributed by atoms with Gasteiger partial charge < -0.3 is 0 Å². The van der Waals surface area contributed by atoms with Gasteiger partial charge in [-0.3, -0.25) is 0 Å². The molecule has 0 fully saturated rings. The van der Waals surface area contributed by atoms with Gasteiger partial charge in [-0.15, -0.1) is 0 Å². The molecule has 0 nitrogen and oxygen atoms in total. The summed E-state index contributed by atoms with van der Waals surface area (Å²) < 4.78 is 2.31. The number of benzene rings is 2. The predicted octanol–water partition coefficient (Wildman–Crippen LogP) is 7.09. The Balaban J connectivity index is 1.96. The van der Waals surface area contributed by atoms with Crippen LogP contribution in [0.25, 0.3) is 11.1 Å². The highest BCUT2D eigenvalue weighted by Crippen LogP contribution is 2.56. The second-order valence-electron chi connectivity index (χ2n) is 7.01. The van der Waals surface area contributed by atoms with Gasteiger partial charge in [-0.05, 0) is 51.9 Å². The van der Waals surface area contributed by atoms with E-state index in [1.165, 1.54) is 22.3 Å². The Bertz CT molecular complexity index is 779. The first-order valence-electron chi connectivity index (χ1n) is 7.93. The van der Waals surface area contributed by atoms with Crippen molar-refractivity contribution in [1.29, 1.82) is 0 Å². The van der Waals surface area contributed by atoms with E-state index in [9.17, 15) is 0 Å². The maximum atomic E-state index is 3.66. The second-order valence-corrected chi connectivity index (χ2v) is 8.84. The topological polar surface area (TPSA) is 0 Å². The molecule has 2 aliphatic carbocycles. The second kappa shape index (κ2) is 5.46. The van der Waals surface area contributed by atoms with Gasteiger partial charge in [-0.1, -0.05) is 82.1 Å². The standard InChI is InChI=1S/C21H18Br2/c1-21(2,13-5-3-4-6-13)20-18-11-14(22)7-9-16(18)17-10-8-15(23)12-19(17)20/h3-13,20H,1-2H3. The molecule has 0 radical (unpaired) electrons. The third-order valence-electron chi connectivity index (χ3n) is 5.29. The van der Waals surface area contributed by atoms with Gasteiger partial charge in [0.15, 0.2) is 0 Å². The van der Waals surface area contributed by atoms with Gasteiger partial charge in [0.1, 0.15) is 0 Å². The molecule has 4 rings (SSSR count). The lowest BCUT2D eigenvalue weighted by Gasteiger charge is -2.37. The summed E-state index contributed by atoms with van der Waals surface area (Å²) in [6.07, 6.45) is 9.00. The van der Waals surface area contributed by atoms with Crippen LogP contribution in [0.5, 0.6) is 0 Å².